The lowest BCUT2D eigenvalue weighted by Crippen LogP contribution is -2.01. The van der Waals surface area contributed by atoms with Gasteiger partial charge in [-0.15, -0.1) is 0 Å². The topological polar surface area (TPSA) is 53.6 Å². The van der Waals surface area contributed by atoms with Crippen molar-refractivity contribution in [3.8, 4) is 6.07 Å². The third-order valence-corrected chi connectivity index (χ3v) is 3.90. The van der Waals surface area contributed by atoms with Crippen molar-refractivity contribution in [2.75, 3.05) is 5.32 Å². The molecule has 0 aliphatic rings. The van der Waals surface area contributed by atoms with Gasteiger partial charge < -0.3 is 5.32 Å². The van der Waals surface area contributed by atoms with Gasteiger partial charge in [0.15, 0.2) is 0 Å². The molecule has 0 saturated heterocycles. The predicted molar refractivity (Wildman–Crippen MR) is 79.8 cm³/mol. The minimum Gasteiger partial charge on any atom is -0.338 e. The average Bonchev–Trinajstić information content (AvgIpc) is 2.60. The molecule has 1 N–H and O–H groups in total. The fourth-order valence-corrected chi connectivity index (χ4v) is 2.53. The van der Waals surface area contributed by atoms with E-state index in [2.05, 4.69) is 32.4 Å². The number of nitriles is 1. The van der Waals surface area contributed by atoms with Crippen LogP contribution in [-0.4, -0.2) is 9.78 Å². The van der Waals surface area contributed by atoms with E-state index in [9.17, 15) is 5.26 Å². The molecule has 0 atom stereocenters. The number of rotatable bonds is 2. The van der Waals surface area contributed by atoms with Crippen molar-refractivity contribution in [3.05, 3.63) is 38.4 Å². The average molecular weight is 340 g/mol. The van der Waals surface area contributed by atoms with Gasteiger partial charge in [-0.2, -0.15) is 10.4 Å². The Labute approximate surface area is 125 Å². The highest BCUT2D eigenvalue weighted by Gasteiger charge is 2.14. The third kappa shape index (κ3) is 2.60. The summed E-state index contributed by atoms with van der Waals surface area (Å²) in [6.07, 6.45) is 0. The molecule has 1 aromatic carbocycles. The second-order valence-corrected chi connectivity index (χ2v) is 5.51. The molecule has 0 aliphatic heterocycles. The zero-order chi connectivity index (χ0) is 14.2. The van der Waals surface area contributed by atoms with Crippen LogP contribution < -0.4 is 5.32 Å². The number of hydrogen-bond acceptors (Lipinski definition) is 3. The number of nitrogens with one attached hydrogen (secondary N) is 1. The van der Waals surface area contributed by atoms with Crippen LogP contribution in [0.15, 0.2) is 16.6 Å². The number of aryl methyl sites for hydroxylation is 3. The normalized spacial score (nSPS) is 10.3. The highest BCUT2D eigenvalue weighted by Crippen LogP contribution is 2.32. The SMILES string of the molecule is Cc1cc(Br)c(Nc2c(C#N)c(C)nn2C)cc1Cl. The second kappa shape index (κ2) is 5.24. The van der Waals surface area contributed by atoms with E-state index in [0.29, 0.717) is 22.1 Å². The van der Waals surface area contributed by atoms with Crippen LogP contribution in [-0.2, 0) is 7.05 Å². The maximum absolute atomic E-state index is 9.18. The van der Waals surface area contributed by atoms with E-state index in [1.165, 1.54) is 0 Å². The summed E-state index contributed by atoms with van der Waals surface area (Å²) in [6.45, 7) is 3.74. The van der Waals surface area contributed by atoms with E-state index in [-0.39, 0.29) is 0 Å². The summed E-state index contributed by atoms with van der Waals surface area (Å²) >= 11 is 9.61. The first-order chi connectivity index (χ1) is 8.93. The minimum atomic E-state index is 0.533. The molecule has 0 saturated carbocycles. The summed E-state index contributed by atoms with van der Waals surface area (Å²) in [7, 11) is 1.79. The summed E-state index contributed by atoms with van der Waals surface area (Å²) in [4.78, 5) is 0. The Kier molecular flexibility index (Phi) is 3.83. The van der Waals surface area contributed by atoms with Gasteiger partial charge in [0.25, 0.3) is 0 Å². The van der Waals surface area contributed by atoms with Crippen LogP contribution in [0.5, 0.6) is 0 Å². The van der Waals surface area contributed by atoms with Gasteiger partial charge in [-0.1, -0.05) is 11.6 Å². The fraction of sp³-hybridized carbons (Fsp3) is 0.231. The number of benzene rings is 1. The standard InChI is InChI=1S/C13H12BrClN4/c1-7-4-10(14)12(5-11(7)15)17-13-9(6-16)8(2)18-19(13)3/h4-5,17H,1-3H3. The van der Waals surface area contributed by atoms with Gasteiger partial charge in [-0.05, 0) is 47.5 Å². The number of anilines is 2. The summed E-state index contributed by atoms with van der Waals surface area (Å²) in [5.41, 5.74) is 3.02. The third-order valence-electron chi connectivity index (χ3n) is 2.84. The molecule has 0 radical (unpaired) electrons. The highest BCUT2D eigenvalue weighted by atomic mass is 79.9. The summed E-state index contributed by atoms with van der Waals surface area (Å²) in [5.74, 6) is 0.653. The first-order valence-corrected chi connectivity index (χ1v) is 6.77. The zero-order valence-corrected chi connectivity index (χ0v) is 13.1. The molecule has 2 aromatic rings. The van der Waals surface area contributed by atoms with E-state index in [0.717, 1.165) is 15.7 Å². The Hall–Kier alpha value is -1.51. The second-order valence-electron chi connectivity index (χ2n) is 4.25. The molecule has 0 bridgehead atoms. The highest BCUT2D eigenvalue weighted by molar-refractivity contribution is 9.10. The van der Waals surface area contributed by atoms with Gasteiger partial charge in [0.05, 0.1) is 11.4 Å². The fourth-order valence-electron chi connectivity index (χ4n) is 1.81. The van der Waals surface area contributed by atoms with E-state index >= 15 is 0 Å². The Morgan fingerprint density at radius 2 is 2.11 bits per heavy atom. The number of nitrogens with zero attached hydrogens (tertiary/aromatic N) is 3. The first-order valence-electron chi connectivity index (χ1n) is 5.60. The molecule has 0 unspecified atom stereocenters. The molecular formula is C13H12BrClN4. The minimum absolute atomic E-state index is 0.533. The van der Waals surface area contributed by atoms with E-state index < -0.39 is 0 Å². The zero-order valence-electron chi connectivity index (χ0n) is 10.8. The molecular weight excluding hydrogens is 328 g/mol. The molecule has 98 valence electrons. The van der Waals surface area contributed by atoms with Crippen LogP contribution in [0.25, 0.3) is 0 Å². The molecule has 19 heavy (non-hydrogen) atoms. The van der Waals surface area contributed by atoms with E-state index in [1.54, 1.807) is 18.7 Å². The number of halogens is 2. The van der Waals surface area contributed by atoms with Crippen molar-refractivity contribution in [2.45, 2.75) is 13.8 Å². The number of aromatic nitrogens is 2. The van der Waals surface area contributed by atoms with Crippen LogP contribution in [0.3, 0.4) is 0 Å². The molecule has 0 amide bonds. The molecule has 0 spiro atoms. The van der Waals surface area contributed by atoms with E-state index in [4.69, 9.17) is 11.6 Å². The van der Waals surface area contributed by atoms with Gasteiger partial charge in [-0.3, -0.25) is 4.68 Å². The van der Waals surface area contributed by atoms with Crippen molar-refractivity contribution in [1.29, 1.82) is 5.26 Å². The van der Waals surface area contributed by atoms with Crippen LogP contribution in [0.2, 0.25) is 5.02 Å². The maximum atomic E-state index is 9.18. The number of hydrogen-bond donors (Lipinski definition) is 1. The molecule has 0 fully saturated rings. The molecule has 6 heteroatoms. The summed E-state index contributed by atoms with van der Waals surface area (Å²) in [6, 6.07) is 5.91. The lowest BCUT2D eigenvalue weighted by atomic mass is 10.2. The monoisotopic (exact) mass is 338 g/mol. The smallest absolute Gasteiger partial charge is 0.146 e. The van der Waals surface area contributed by atoms with Crippen LogP contribution in [0, 0.1) is 25.2 Å². The lowest BCUT2D eigenvalue weighted by Gasteiger charge is -2.11. The van der Waals surface area contributed by atoms with Crippen LogP contribution in [0.1, 0.15) is 16.8 Å². The molecule has 1 aromatic heterocycles. The predicted octanol–water partition coefficient (Wildman–Crippen LogP) is 4.07. The quantitative estimate of drug-likeness (QED) is 0.897. The van der Waals surface area contributed by atoms with Gasteiger partial charge in [0, 0.05) is 16.5 Å². The lowest BCUT2D eigenvalue weighted by molar-refractivity contribution is 0.765. The molecule has 4 nitrogen and oxygen atoms in total. The van der Waals surface area contributed by atoms with Crippen molar-refractivity contribution in [3.63, 3.8) is 0 Å². The van der Waals surface area contributed by atoms with Gasteiger partial charge in [0.1, 0.15) is 17.5 Å². The molecule has 2 rings (SSSR count). The van der Waals surface area contributed by atoms with Crippen LogP contribution in [0.4, 0.5) is 11.5 Å². The Balaban J connectivity index is 2.48. The first kappa shape index (κ1) is 13.9. The Bertz CT molecular complexity index is 685. The summed E-state index contributed by atoms with van der Waals surface area (Å²) < 4.78 is 2.53. The van der Waals surface area contributed by atoms with E-state index in [1.807, 2.05) is 19.1 Å². The Morgan fingerprint density at radius 1 is 1.42 bits per heavy atom. The summed E-state index contributed by atoms with van der Waals surface area (Å²) in [5, 5.41) is 17.3. The molecule has 1 heterocycles. The van der Waals surface area contributed by atoms with Gasteiger partial charge >= 0.3 is 0 Å². The van der Waals surface area contributed by atoms with Crippen molar-refractivity contribution in [2.24, 2.45) is 7.05 Å². The van der Waals surface area contributed by atoms with Crippen molar-refractivity contribution in [1.82, 2.24) is 9.78 Å². The molecule has 0 aliphatic carbocycles. The largest absolute Gasteiger partial charge is 0.338 e. The van der Waals surface area contributed by atoms with Crippen molar-refractivity contribution >= 4 is 39.0 Å². The van der Waals surface area contributed by atoms with Gasteiger partial charge in [-0.25, -0.2) is 0 Å². The van der Waals surface area contributed by atoms with Crippen molar-refractivity contribution < 1.29 is 0 Å². The van der Waals surface area contributed by atoms with Crippen LogP contribution >= 0.6 is 27.5 Å². The maximum Gasteiger partial charge on any atom is 0.146 e. The Morgan fingerprint density at radius 3 is 2.74 bits per heavy atom. The van der Waals surface area contributed by atoms with Gasteiger partial charge in [0.2, 0.25) is 0 Å².